The summed E-state index contributed by atoms with van der Waals surface area (Å²) in [6.07, 6.45) is 4.57. The molecule has 0 unspecified atom stereocenters. The van der Waals surface area contributed by atoms with Crippen molar-refractivity contribution >= 4 is 11.7 Å². The smallest absolute Gasteiger partial charge is 0.247 e. The van der Waals surface area contributed by atoms with Crippen LogP contribution in [0.25, 0.3) is 0 Å². The van der Waals surface area contributed by atoms with Crippen LogP contribution in [0.2, 0.25) is 0 Å². The summed E-state index contributed by atoms with van der Waals surface area (Å²) in [4.78, 5) is 15.9. The van der Waals surface area contributed by atoms with Crippen LogP contribution in [0, 0.1) is 0 Å². The van der Waals surface area contributed by atoms with Gasteiger partial charge in [0.25, 0.3) is 0 Å². The normalized spacial score (nSPS) is 12.0. The Hall–Kier alpha value is -2.96. The van der Waals surface area contributed by atoms with E-state index >= 15 is 0 Å². The highest BCUT2D eigenvalue weighted by Crippen LogP contribution is 2.21. The molecule has 0 aliphatic heterocycles. The molecule has 0 aliphatic rings. The van der Waals surface area contributed by atoms with Gasteiger partial charge in [0.2, 0.25) is 5.91 Å². The molecule has 0 spiro atoms. The van der Waals surface area contributed by atoms with E-state index < -0.39 is 0 Å². The van der Waals surface area contributed by atoms with Crippen molar-refractivity contribution in [2.24, 2.45) is 0 Å². The summed E-state index contributed by atoms with van der Waals surface area (Å²) in [6, 6.07) is 11.8. The molecule has 1 aromatic carbocycles. The molecule has 7 nitrogen and oxygen atoms in total. The number of anilines is 1. The van der Waals surface area contributed by atoms with Gasteiger partial charge < -0.3 is 5.32 Å². The Bertz CT molecular complexity index is 735. The zero-order valence-electron chi connectivity index (χ0n) is 12.1. The Labute approximate surface area is 127 Å². The molecule has 1 amide bonds. The van der Waals surface area contributed by atoms with E-state index in [0.717, 1.165) is 5.56 Å². The van der Waals surface area contributed by atoms with Crippen LogP contribution in [0.15, 0.2) is 55.2 Å². The van der Waals surface area contributed by atoms with Crippen molar-refractivity contribution in [2.45, 2.75) is 19.5 Å². The molecular formula is C15H16N6O. The number of hydrogen-bond donors (Lipinski definition) is 1. The van der Waals surface area contributed by atoms with Gasteiger partial charge in [0, 0.05) is 6.07 Å². The maximum atomic E-state index is 12.0. The summed E-state index contributed by atoms with van der Waals surface area (Å²) in [7, 11) is 0. The fourth-order valence-corrected chi connectivity index (χ4v) is 2.24. The highest BCUT2D eigenvalue weighted by atomic mass is 16.2. The molecule has 2 aromatic heterocycles. The van der Waals surface area contributed by atoms with Crippen LogP contribution in [0.5, 0.6) is 0 Å². The maximum absolute atomic E-state index is 12.0. The van der Waals surface area contributed by atoms with E-state index in [4.69, 9.17) is 0 Å². The number of carbonyl (C=O) groups excluding carboxylic acids is 1. The number of benzene rings is 1. The van der Waals surface area contributed by atoms with Crippen LogP contribution in [0.3, 0.4) is 0 Å². The number of nitrogens with zero attached hydrogens (tertiary/aromatic N) is 5. The summed E-state index contributed by atoms with van der Waals surface area (Å²) in [5.74, 6) is 0.481. The fraction of sp³-hybridized carbons (Fsp3) is 0.200. The monoisotopic (exact) mass is 296 g/mol. The second-order valence-corrected chi connectivity index (χ2v) is 4.89. The molecule has 0 radical (unpaired) electrons. The predicted molar refractivity (Wildman–Crippen MR) is 81.1 cm³/mol. The van der Waals surface area contributed by atoms with E-state index in [1.54, 1.807) is 16.9 Å². The molecule has 1 atom stereocenters. The molecule has 2 heterocycles. The van der Waals surface area contributed by atoms with Gasteiger partial charge in [0.1, 0.15) is 25.0 Å². The van der Waals surface area contributed by atoms with E-state index in [1.165, 1.54) is 17.3 Å². The SMILES string of the molecule is C[C@@H](c1ccccc1)n1nccc1NC(=O)Cn1cncn1. The van der Waals surface area contributed by atoms with Crippen molar-refractivity contribution in [1.82, 2.24) is 24.5 Å². The first-order chi connectivity index (χ1) is 10.7. The quantitative estimate of drug-likeness (QED) is 0.777. The molecule has 0 saturated carbocycles. The number of rotatable bonds is 5. The summed E-state index contributed by atoms with van der Waals surface area (Å²) < 4.78 is 3.26. The van der Waals surface area contributed by atoms with Gasteiger partial charge in [-0.1, -0.05) is 30.3 Å². The van der Waals surface area contributed by atoms with Crippen LogP contribution in [0.4, 0.5) is 5.82 Å². The fourth-order valence-electron chi connectivity index (χ4n) is 2.24. The molecule has 0 saturated heterocycles. The summed E-state index contributed by atoms with van der Waals surface area (Å²) in [6.45, 7) is 2.15. The van der Waals surface area contributed by atoms with E-state index in [2.05, 4.69) is 20.5 Å². The molecule has 0 aliphatic carbocycles. The van der Waals surface area contributed by atoms with Crippen molar-refractivity contribution < 1.29 is 4.79 Å². The Morgan fingerprint density at radius 2 is 2.05 bits per heavy atom. The zero-order chi connectivity index (χ0) is 15.4. The van der Waals surface area contributed by atoms with Gasteiger partial charge in [-0.25, -0.2) is 14.3 Å². The van der Waals surface area contributed by atoms with Gasteiger partial charge in [0.05, 0.1) is 12.2 Å². The Morgan fingerprint density at radius 1 is 1.23 bits per heavy atom. The third-order valence-corrected chi connectivity index (χ3v) is 3.36. The molecule has 0 bridgehead atoms. The molecule has 0 fully saturated rings. The van der Waals surface area contributed by atoms with Gasteiger partial charge >= 0.3 is 0 Å². The predicted octanol–water partition coefficient (Wildman–Crippen LogP) is 1.72. The largest absolute Gasteiger partial charge is 0.309 e. The number of carbonyl (C=O) groups is 1. The first-order valence-electron chi connectivity index (χ1n) is 6.95. The lowest BCUT2D eigenvalue weighted by Gasteiger charge is -2.16. The molecule has 112 valence electrons. The molecule has 3 aromatic rings. The second-order valence-electron chi connectivity index (χ2n) is 4.89. The third-order valence-electron chi connectivity index (χ3n) is 3.36. The average Bonchev–Trinajstić information content (AvgIpc) is 3.19. The Morgan fingerprint density at radius 3 is 2.77 bits per heavy atom. The minimum atomic E-state index is -0.174. The number of nitrogens with one attached hydrogen (secondary N) is 1. The van der Waals surface area contributed by atoms with E-state index in [0.29, 0.717) is 5.82 Å². The number of hydrogen-bond acceptors (Lipinski definition) is 4. The van der Waals surface area contributed by atoms with Crippen molar-refractivity contribution in [3.05, 3.63) is 60.8 Å². The molecular weight excluding hydrogens is 280 g/mol. The second kappa shape index (κ2) is 6.21. The molecule has 1 N–H and O–H groups in total. The van der Waals surface area contributed by atoms with Crippen LogP contribution >= 0.6 is 0 Å². The first-order valence-corrected chi connectivity index (χ1v) is 6.95. The van der Waals surface area contributed by atoms with Crippen LogP contribution < -0.4 is 5.32 Å². The molecule has 22 heavy (non-hydrogen) atoms. The first kappa shape index (κ1) is 14.0. The summed E-state index contributed by atoms with van der Waals surface area (Å²) in [5, 5.41) is 11.1. The zero-order valence-corrected chi connectivity index (χ0v) is 12.1. The van der Waals surface area contributed by atoms with Gasteiger partial charge in [-0.05, 0) is 12.5 Å². The van der Waals surface area contributed by atoms with Gasteiger partial charge in [-0.15, -0.1) is 0 Å². The third kappa shape index (κ3) is 3.03. The topological polar surface area (TPSA) is 77.6 Å². The highest BCUT2D eigenvalue weighted by Gasteiger charge is 2.14. The average molecular weight is 296 g/mol. The minimum Gasteiger partial charge on any atom is -0.309 e. The van der Waals surface area contributed by atoms with Crippen LogP contribution in [-0.2, 0) is 11.3 Å². The standard InChI is InChI=1S/C15H16N6O/c1-12(13-5-3-2-4-6-13)21-14(7-8-17-21)19-15(22)9-20-11-16-10-18-20/h2-8,10-12H,9H2,1H3,(H,19,22)/t12-/m0/s1. The lowest BCUT2D eigenvalue weighted by Crippen LogP contribution is -2.22. The van der Waals surface area contributed by atoms with E-state index in [-0.39, 0.29) is 18.5 Å². The number of amides is 1. The van der Waals surface area contributed by atoms with Gasteiger partial charge in [-0.2, -0.15) is 10.2 Å². The van der Waals surface area contributed by atoms with Gasteiger partial charge in [0.15, 0.2) is 0 Å². The Kier molecular flexibility index (Phi) is 3.95. The summed E-state index contributed by atoms with van der Waals surface area (Å²) in [5.41, 5.74) is 1.12. The van der Waals surface area contributed by atoms with Crippen LogP contribution in [-0.4, -0.2) is 30.5 Å². The molecule has 3 rings (SSSR count). The Balaban J connectivity index is 1.73. The minimum absolute atomic E-state index is 0.0258. The lowest BCUT2D eigenvalue weighted by molar-refractivity contribution is -0.117. The van der Waals surface area contributed by atoms with Crippen molar-refractivity contribution in [3.63, 3.8) is 0 Å². The summed E-state index contributed by atoms with van der Waals surface area (Å²) >= 11 is 0. The van der Waals surface area contributed by atoms with Crippen molar-refractivity contribution in [3.8, 4) is 0 Å². The van der Waals surface area contributed by atoms with Crippen molar-refractivity contribution in [2.75, 3.05) is 5.32 Å². The molecule has 7 heteroatoms. The highest BCUT2D eigenvalue weighted by molar-refractivity contribution is 5.89. The maximum Gasteiger partial charge on any atom is 0.247 e. The van der Waals surface area contributed by atoms with E-state index in [9.17, 15) is 4.79 Å². The van der Waals surface area contributed by atoms with E-state index in [1.807, 2.05) is 37.3 Å². The van der Waals surface area contributed by atoms with Gasteiger partial charge in [-0.3, -0.25) is 4.79 Å². The number of aromatic nitrogens is 5. The lowest BCUT2D eigenvalue weighted by atomic mass is 10.1. The van der Waals surface area contributed by atoms with Crippen LogP contribution in [0.1, 0.15) is 18.5 Å². The van der Waals surface area contributed by atoms with Crippen molar-refractivity contribution in [1.29, 1.82) is 0 Å².